The van der Waals surface area contributed by atoms with Crippen molar-refractivity contribution in [2.24, 2.45) is 0 Å². The van der Waals surface area contributed by atoms with Crippen LogP contribution in [0.25, 0.3) is 0 Å². The van der Waals surface area contributed by atoms with Gasteiger partial charge in [-0.1, -0.05) is 122 Å². The minimum absolute atomic E-state index is 0.149. The summed E-state index contributed by atoms with van der Waals surface area (Å²) in [5.41, 5.74) is 0. The lowest BCUT2D eigenvalue weighted by molar-refractivity contribution is -0.870. The molecule has 0 spiro atoms. The van der Waals surface area contributed by atoms with E-state index < -0.39 is 24.3 Å². The highest BCUT2D eigenvalue weighted by Crippen LogP contribution is 2.13. The molecule has 0 aliphatic heterocycles. The molecule has 9 nitrogen and oxygen atoms in total. The fourth-order valence-electron chi connectivity index (χ4n) is 5.17. The summed E-state index contributed by atoms with van der Waals surface area (Å²) in [6.07, 6.45) is 26.7. The van der Waals surface area contributed by atoms with E-state index in [1.165, 1.54) is 77.0 Å². The largest absolute Gasteiger partial charge is 0.545 e. The fraction of sp³-hybridized carbons (Fsp3) is 0.872. The molecule has 0 N–H and O–H groups in total. The number of ether oxygens (including phenoxy) is 4. The van der Waals surface area contributed by atoms with Crippen LogP contribution in [0.2, 0.25) is 0 Å². The molecule has 0 aliphatic rings. The van der Waals surface area contributed by atoms with Crippen LogP contribution in [0.5, 0.6) is 0 Å². The minimum atomic E-state index is -1.61. The van der Waals surface area contributed by atoms with Gasteiger partial charge in [0, 0.05) is 12.8 Å². The van der Waals surface area contributed by atoms with E-state index in [-0.39, 0.29) is 32.2 Å². The average molecular weight is 684 g/mol. The van der Waals surface area contributed by atoms with Crippen LogP contribution in [-0.2, 0) is 33.3 Å². The van der Waals surface area contributed by atoms with Gasteiger partial charge in [0.05, 0.1) is 40.3 Å². The van der Waals surface area contributed by atoms with E-state index >= 15 is 0 Å². The molecule has 0 saturated heterocycles. The quantitative estimate of drug-likeness (QED) is 0.0219. The van der Waals surface area contributed by atoms with E-state index in [9.17, 15) is 19.5 Å². The van der Waals surface area contributed by atoms with Gasteiger partial charge in [0.15, 0.2) is 12.4 Å². The summed E-state index contributed by atoms with van der Waals surface area (Å²) in [7, 11) is 5.89. The topological polar surface area (TPSA) is 111 Å². The second-order valence-corrected chi connectivity index (χ2v) is 14.2. The Bertz CT molecular complexity index is 810. The zero-order valence-corrected chi connectivity index (χ0v) is 31.6. The van der Waals surface area contributed by atoms with Crippen LogP contribution < -0.4 is 5.11 Å². The van der Waals surface area contributed by atoms with Crippen molar-refractivity contribution in [2.45, 2.75) is 174 Å². The summed E-state index contributed by atoms with van der Waals surface area (Å²) in [6.45, 7) is 4.68. The maximum Gasteiger partial charge on any atom is 0.306 e. The number of hydrogen-bond donors (Lipinski definition) is 0. The van der Waals surface area contributed by atoms with E-state index in [4.69, 9.17) is 18.9 Å². The molecule has 2 unspecified atom stereocenters. The highest BCUT2D eigenvalue weighted by Gasteiger charge is 2.21. The van der Waals surface area contributed by atoms with Gasteiger partial charge < -0.3 is 33.3 Å². The number of nitrogens with zero attached hydrogens (tertiary/aromatic N) is 1. The number of quaternary nitrogens is 1. The number of aliphatic carboxylic acids is 1. The number of unbranched alkanes of at least 4 members (excludes halogenated alkanes) is 18. The van der Waals surface area contributed by atoms with Crippen molar-refractivity contribution in [3.63, 3.8) is 0 Å². The summed E-state index contributed by atoms with van der Waals surface area (Å²) < 4.78 is 22.4. The van der Waals surface area contributed by atoms with Gasteiger partial charge >= 0.3 is 11.9 Å². The van der Waals surface area contributed by atoms with Gasteiger partial charge in [-0.3, -0.25) is 9.59 Å². The first kappa shape index (κ1) is 46.0. The van der Waals surface area contributed by atoms with Gasteiger partial charge in [0.1, 0.15) is 13.2 Å². The first-order valence-electron chi connectivity index (χ1n) is 19.3. The van der Waals surface area contributed by atoms with E-state index in [0.717, 1.165) is 51.4 Å². The summed E-state index contributed by atoms with van der Waals surface area (Å²) in [5.74, 6) is -2.30. The number of carboxylic acids is 1. The van der Waals surface area contributed by atoms with Crippen LogP contribution in [0, 0.1) is 0 Å². The second kappa shape index (κ2) is 32.2. The van der Waals surface area contributed by atoms with Crippen LogP contribution >= 0.6 is 0 Å². The van der Waals surface area contributed by atoms with E-state index in [0.29, 0.717) is 23.9 Å². The Morgan fingerprint density at radius 1 is 0.604 bits per heavy atom. The van der Waals surface area contributed by atoms with Crippen LogP contribution in [-0.4, -0.2) is 82.3 Å². The molecule has 282 valence electrons. The lowest BCUT2D eigenvalue weighted by Gasteiger charge is -2.26. The molecule has 2 atom stereocenters. The Kier molecular flexibility index (Phi) is 30.9. The highest BCUT2D eigenvalue weighted by molar-refractivity contribution is 5.70. The van der Waals surface area contributed by atoms with Gasteiger partial charge in [-0.15, -0.1) is 0 Å². The summed E-state index contributed by atoms with van der Waals surface area (Å²) >= 11 is 0. The average Bonchev–Trinajstić information content (AvgIpc) is 3.03. The van der Waals surface area contributed by atoms with Crippen LogP contribution in [0.3, 0.4) is 0 Å². The third kappa shape index (κ3) is 32.6. The van der Waals surface area contributed by atoms with Gasteiger partial charge in [-0.05, 0) is 38.5 Å². The predicted octanol–water partition coefficient (Wildman–Crippen LogP) is 7.83. The molecule has 0 saturated carbocycles. The molecule has 0 radical (unpaired) electrons. The molecular weight excluding hydrogens is 610 g/mol. The Hall–Kier alpha value is -1.97. The van der Waals surface area contributed by atoms with Crippen molar-refractivity contribution in [1.29, 1.82) is 0 Å². The van der Waals surface area contributed by atoms with Crippen LogP contribution in [0.1, 0.15) is 162 Å². The maximum absolute atomic E-state index is 12.6. The first-order chi connectivity index (χ1) is 23.1. The highest BCUT2D eigenvalue weighted by atomic mass is 16.7. The number of allylic oxidation sites excluding steroid dienone is 2. The van der Waals surface area contributed by atoms with Crippen molar-refractivity contribution in [3.05, 3.63) is 12.2 Å². The third-order valence-electron chi connectivity index (χ3n) is 8.26. The van der Waals surface area contributed by atoms with Crippen LogP contribution in [0.4, 0.5) is 0 Å². The second-order valence-electron chi connectivity index (χ2n) is 14.2. The minimum Gasteiger partial charge on any atom is -0.545 e. The smallest absolute Gasteiger partial charge is 0.306 e. The van der Waals surface area contributed by atoms with Crippen molar-refractivity contribution in [2.75, 3.05) is 47.5 Å². The molecule has 0 aliphatic carbocycles. The molecule has 0 rings (SSSR count). The number of likely N-dealkylation sites (N-methyl/N-ethyl adjacent to an activating group) is 1. The van der Waals surface area contributed by atoms with Crippen molar-refractivity contribution in [1.82, 2.24) is 0 Å². The molecule has 0 amide bonds. The summed E-state index contributed by atoms with van der Waals surface area (Å²) in [6, 6.07) is 0. The number of hydrogen-bond acceptors (Lipinski definition) is 8. The van der Waals surface area contributed by atoms with Crippen molar-refractivity contribution in [3.8, 4) is 0 Å². The molecule has 0 heterocycles. The van der Waals surface area contributed by atoms with E-state index in [1.54, 1.807) is 0 Å². The number of esters is 2. The molecule has 0 aromatic rings. The number of carbonyl (C=O) groups excluding carboxylic acids is 3. The molecule has 9 heteroatoms. The van der Waals surface area contributed by atoms with Gasteiger partial charge in [0.2, 0.25) is 0 Å². The lowest BCUT2D eigenvalue weighted by Crippen LogP contribution is -2.44. The molecule has 0 aromatic heterocycles. The fourth-order valence-corrected chi connectivity index (χ4v) is 5.17. The van der Waals surface area contributed by atoms with Gasteiger partial charge in [-0.2, -0.15) is 0 Å². The Morgan fingerprint density at radius 3 is 1.56 bits per heavy atom. The number of carboxylic acid groups (broad SMARTS) is 1. The van der Waals surface area contributed by atoms with Gasteiger partial charge in [0.25, 0.3) is 0 Å². The predicted molar refractivity (Wildman–Crippen MR) is 191 cm³/mol. The molecular formula is C39H73NO8. The first-order valence-corrected chi connectivity index (χ1v) is 19.3. The summed E-state index contributed by atoms with van der Waals surface area (Å²) in [5, 5.41) is 11.6. The Morgan fingerprint density at radius 2 is 1.06 bits per heavy atom. The molecule has 48 heavy (non-hydrogen) atoms. The Labute approximate surface area is 294 Å². The van der Waals surface area contributed by atoms with E-state index in [1.807, 2.05) is 21.1 Å². The van der Waals surface area contributed by atoms with Crippen LogP contribution in [0.15, 0.2) is 12.2 Å². The molecule has 0 bridgehead atoms. The number of rotatable bonds is 35. The Balaban J connectivity index is 4.55. The number of carbonyl (C=O) groups is 3. The SMILES string of the molecule is CCCCCC/C=C\CCCCCCCC(=O)OC(COC(=O)CCCCCCCCCCCC)COC(OCC[N+](C)(C)C)C(=O)[O-]. The maximum atomic E-state index is 12.6. The molecule has 0 aromatic carbocycles. The lowest BCUT2D eigenvalue weighted by atomic mass is 10.1. The van der Waals surface area contributed by atoms with Crippen molar-refractivity contribution >= 4 is 17.9 Å². The van der Waals surface area contributed by atoms with E-state index in [2.05, 4.69) is 26.0 Å². The zero-order valence-electron chi connectivity index (χ0n) is 31.6. The standard InChI is InChI=1S/C39H73NO8/c1-6-8-10-12-14-16-18-19-20-22-24-26-28-30-37(42)48-35(34-47-39(38(43)44)45-32-31-40(3,4)5)33-46-36(41)29-27-25-23-21-17-15-13-11-9-7-2/h16,18,35,39H,6-15,17,19-34H2,1-5H3/b18-16-. The van der Waals surface area contributed by atoms with Crippen molar-refractivity contribution < 1.29 is 42.9 Å². The molecule has 0 fully saturated rings. The van der Waals surface area contributed by atoms with Gasteiger partial charge in [-0.25, -0.2) is 0 Å². The zero-order chi connectivity index (χ0) is 35.7. The third-order valence-corrected chi connectivity index (χ3v) is 8.26. The summed E-state index contributed by atoms with van der Waals surface area (Å²) in [4.78, 5) is 36.7. The normalized spacial score (nSPS) is 13.1. The monoisotopic (exact) mass is 684 g/mol.